The summed E-state index contributed by atoms with van der Waals surface area (Å²) in [4.78, 5) is 17.3. The summed E-state index contributed by atoms with van der Waals surface area (Å²) in [7, 11) is 1.67. The van der Waals surface area contributed by atoms with E-state index in [9.17, 15) is 9.18 Å². The molecule has 6 heteroatoms. The number of aromatic nitrogens is 3. The first-order valence-electron chi connectivity index (χ1n) is 5.47. The number of H-pyrrole nitrogens is 1. The maximum absolute atomic E-state index is 12.8. The van der Waals surface area contributed by atoms with E-state index in [4.69, 9.17) is 0 Å². The Labute approximate surface area is 104 Å². The minimum atomic E-state index is -0.296. The molecule has 1 aromatic carbocycles. The molecule has 0 saturated heterocycles. The van der Waals surface area contributed by atoms with Crippen LogP contribution in [0.3, 0.4) is 0 Å². The van der Waals surface area contributed by atoms with Crippen LogP contribution in [0.1, 0.15) is 29.1 Å². The topological polar surface area (TPSA) is 61.9 Å². The van der Waals surface area contributed by atoms with E-state index in [0.29, 0.717) is 0 Å². The average molecular weight is 248 g/mol. The predicted molar refractivity (Wildman–Crippen MR) is 63.3 cm³/mol. The second-order valence-corrected chi connectivity index (χ2v) is 3.98. The molecule has 0 aliphatic carbocycles. The Morgan fingerprint density at radius 2 is 2.06 bits per heavy atom. The molecule has 1 aromatic heterocycles. The van der Waals surface area contributed by atoms with Gasteiger partial charge in [0.05, 0.1) is 6.04 Å². The van der Waals surface area contributed by atoms with Crippen LogP contribution in [-0.4, -0.2) is 33.0 Å². The van der Waals surface area contributed by atoms with E-state index in [0.717, 1.165) is 5.56 Å². The molecule has 1 N–H and O–H groups in total. The quantitative estimate of drug-likeness (QED) is 0.900. The van der Waals surface area contributed by atoms with Gasteiger partial charge in [-0.2, -0.15) is 5.10 Å². The molecule has 2 rings (SSSR count). The average Bonchev–Trinajstić information content (AvgIpc) is 2.91. The van der Waals surface area contributed by atoms with Crippen LogP contribution in [-0.2, 0) is 0 Å². The summed E-state index contributed by atoms with van der Waals surface area (Å²) in [6.07, 6.45) is 1.28. The number of hydrogen-bond acceptors (Lipinski definition) is 3. The Morgan fingerprint density at radius 1 is 1.39 bits per heavy atom. The van der Waals surface area contributed by atoms with Gasteiger partial charge < -0.3 is 4.90 Å². The summed E-state index contributed by atoms with van der Waals surface area (Å²) >= 11 is 0. The number of nitrogens with zero attached hydrogens (tertiary/aromatic N) is 3. The summed E-state index contributed by atoms with van der Waals surface area (Å²) in [6, 6.07) is 5.88. The van der Waals surface area contributed by atoms with Crippen molar-refractivity contribution in [2.45, 2.75) is 13.0 Å². The van der Waals surface area contributed by atoms with Crippen LogP contribution in [0.4, 0.5) is 4.39 Å². The van der Waals surface area contributed by atoms with Crippen molar-refractivity contribution >= 4 is 5.91 Å². The fraction of sp³-hybridized carbons (Fsp3) is 0.250. The maximum atomic E-state index is 12.8. The smallest absolute Gasteiger partial charge is 0.291 e. The first kappa shape index (κ1) is 12.2. The molecular formula is C12H13FN4O. The standard InChI is InChI=1S/C12H13FN4O/c1-8(9-3-5-10(13)6-4-9)17(2)12(18)11-14-7-15-16-11/h3-8H,1-2H3,(H,14,15,16). The second kappa shape index (κ2) is 4.95. The molecule has 0 aliphatic heterocycles. The first-order valence-corrected chi connectivity index (χ1v) is 5.47. The zero-order valence-electron chi connectivity index (χ0n) is 10.1. The summed E-state index contributed by atoms with van der Waals surface area (Å²) in [6.45, 7) is 1.86. The van der Waals surface area contributed by atoms with Gasteiger partial charge in [0, 0.05) is 7.05 Å². The second-order valence-electron chi connectivity index (χ2n) is 3.98. The fourth-order valence-electron chi connectivity index (χ4n) is 1.62. The summed E-state index contributed by atoms with van der Waals surface area (Å²) in [5.41, 5.74) is 0.853. The van der Waals surface area contributed by atoms with Gasteiger partial charge in [-0.25, -0.2) is 9.37 Å². The van der Waals surface area contributed by atoms with E-state index in [1.165, 1.54) is 23.4 Å². The number of amides is 1. The maximum Gasteiger partial charge on any atom is 0.291 e. The highest BCUT2D eigenvalue weighted by Crippen LogP contribution is 2.19. The largest absolute Gasteiger partial charge is 0.332 e. The normalized spacial score (nSPS) is 12.2. The van der Waals surface area contributed by atoms with Gasteiger partial charge in [-0.15, -0.1) is 0 Å². The van der Waals surface area contributed by atoms with E-state index < -0.39 is 0 Å². The van der Waals surface area contributed by atoms with Crippen LogP contribution in [0.25, 0.3) is 0 Å². The van der Waals surface area contributed by atoms with Crippen LogP contribution in [0.15, 0.2) is 30.6 Å². The Morgan fingerprint density at radius 3 is 2.61 bits per heavy atom. The zero-order chi connectivity index (χ0) is 13.1. The SMILES string of the molecule is CC(c1ccc(F)cc1)N(C)C(=O)c1ncn[nH]1. The molecule has 0 spiro atoms. The predicted octanol–water partition coefficient (Wildman–Crippen LogP) is 1.78. The molecule has 0 aliphatic rings. The number of carbonyl (C=O) groups excluding carboxylic acids is 1. The molecule has 0 fully saturated rings. The van der Waals surface area contributed by atoms with Crippen LogP contribution in [0.2, 0.25) is 0 Å². The van der Waals surface area contributed by atoms with Crippen molar-refractivity contribution < 1.29 is 9.18 Å². The highest BCUT2D eigenvalue weighted by Gasteiger charge is 2.20. The van der Waals surface area contributed by atoms with Gasteiger partial charge in [0.2, 0.25) is 5.82 Å². The Kier molecular flexibility index (Phi) is 3.36. The van der Waals surface area contributed by atoms with Crippen molar-refractivity contribution in [1.82, 2.24) is 20.1 Å². The van der Waals surface area contributed by atoms with E-state index >= 15 is 0 Å². The molecule has 1 unspecified atom stereocenters. The highest BCUT2D eigenvalue weighted by atomic mass is 19.1. The molecule has 94 valence electrons. The lowest BCUT2D eigenvalue weighted by Gasteiger charge is -2.24. The van der Waals surface area contributed by atoms with Crippen molar-refractivity contribution in [3.63, 3.8) is 0 Å². The van der Waals surface area contributed by atoms with Crippen LogP contribution in [0.5, 0.6) is 0 Å². The van der Waals surface area contributed by atoms with Gasteiger partial charge in [-0.05, 0) is 24.6 Å². The lowest BCUT2D eigenvalue weighted by atomic mass is 10.1. The molecular weight excluding hydrogens is 235 g/mol. The fourth-order valence-corrected chi connectivity index (χ4v) is 1.62. The molecule has 0 bridgehead atoms. The molecule has 1 heterocycles. The molecule has 2 aromatic rings. The first-order chi connectivity index (χ1) is 8.59. The van der Waals surface area contributed by atoms with Gasteiger partial charge in [-0.1, -0.05) is 12.1 Å². The number of benzene rings is 1. The molecule has 0 saturated carbocycles. The van der Waals surface area contributed by atoms with Crippen molar-refractivity contribution in [2.24, 2.45) is 0 Å². The van der Waals surface area contributed by atoms with E-state index in [2.05, 4.69) is 15.2 Å². The number of hydrogen-bond donors (Lipinski definition) is 1. The van der Waals surface area contributed by atoms with Gasteiger partial charge >= 0.3 is 0 Å². The molecule has 5 nitrogen and oxygen atoms in total. The lowest BCUT2D eigenvalue weighted by Crippen LogP contribution is -2.30. The van der Waals surface area contributed by atoms with Gasteiger partial charge in [0.15, 0.2) is 0 Å². The molecule has 1 amide bonds. The Hall–Kier alpha value is -2.24. The van der Waals surface area contributed by atoms with E-state index in [-0.39, 0.29) is 23.6 Å². The van der Waals surface area contributed by atoms with Crippen molar-refractivity contribution in [3.05, 3.63) is 47.8 Å². The Balaban J connectivity index is 2.16. The van der Waals surface area contributed by atoms with E-state index in [1.54, 1.807) is 19.2 Å². The molecule has 0 radical (unpaired) electrons. The third-order valence-electron chi connectivity index (χ3n) is 2.87. The molecule has 1 atom stereocenters. The summed E-state index contributed by atoms with van der Waals surface area (Å²) < 4.78 is 12.8. The van der Waals surface area contributed by atoms with E-state index in [1.807, 2.05) is 6.92 Å². The van der Waals surface area contributed by atoms with Crippen LogP contribution >= 0.6 is 0 Å². The molecule has 18 heavy (non-hydrogen) atoms. The monoisotopic (exact) mass is 248 g/mol. The number of rotatable bonds is 3. The Bertz CT molecular complexity index is 524. The minimum Gasteiger partial charge on any atom is -0.332 e. The number of carbonyl (C=O) groups is 1. The number of nitrogens with one attached hydrogen (secondary N) is 1. The van der Waals surface area contributed by atoms with Crippen molar-refractivity contribution in [1.29, 1.82) is 0 Å². The zero-order valence-corrected chi connectivity index (χ0v) is 10.1. The third-order valence-corrected chi connectivity index (χ3v) is 2.87. The van der Waals surface area contributed by atoms with Crippen LogP contribution in [0, 0.1) is 5.82 Å². The van der Waals surface area contributed by atoms with Gasteiger partial charge in [0.25, 0.3) is 5.91 Å². The third kappa shape index (κ3) is 2.37. The summed E-state index contributed by atoms with van der Waals surface area (Å²) in [5, 5.41) is 6.16. The highest BCUT2D eigenvalue weighted by molar-refractivity contribution is 5.90. The van der Waals surface area contributed by atoms with Crippen molar-refractivity contribution in [3.8, 4) is 0 Å². The summed E-state index contributed by atoms with van der Waals surface area (Å²) in [5.74, 6) is -0.369. The van der Waals surface area contributed by atoms with Gasteiger partial charge in [0.1, 0.15) is 12.1 Å². The van der Waals surface area contributed by atoms with Crippen molar-refractivity contribution in [2.75, 3.05) is 7.05 Å². The number of aromatic amines is 1. The van der Waals surface area contributed by atoms with Gasteiger partial charge in [-0.3, -0.25) is 9.89 Å². The van der Waals surface area contributed by atoms with Crippen LogP contribution < -0.4 is 0 Å². The minimum absolute atomic E-state index is 0.178. The lowest BCUT2D eigenvalue weighted by molar-refractivity contribution is 0.0730. The number of halogens is 1.